The molecule has 2 bridgehead atoms. The molecule has 4 heteroatoms. The van der Waals surface area contributed by atoms with E-state index in [9.17, 15) is 10.2 Å². The topological polar surface area (TPSA) is 62.2 Å². The molecule has 0 aromatic heterocycles. The first-order chi connectivity index (χ1) is 4.79. The van der Waals surface area contributed by atoms with Gasteiger partial charge in [0.1, 0.15) is 36.6 Å². The summed E-state index contributed by atoms with van der Waals surface area (Å²) in [6, 6.07) is 0. The Bertz CT molecular complexity index is 181. The van der Waals surface area contributed by atoms with E-state index in [1.165, 1.54) is 0 Å². The maximum atomic E-state index is 9.29. The van der Waals surface area contributed by atoms with Gasteiger partial charge in [0.25, 0.3) is 0 Å². The second kappa shape index (κ2) is 1.38. The molecule has 0 aromatic rings. The zero-order valence-electron chi connectivity index (χ0n) is 5.18. The molecule has 3 heterocycles. The lowest BCUT2D eigenvalue weighted by atomic mass is 9.84. The van der Waals surface area contributed by atoms with E-state index in [-0.39, 0.29) is 24.4 Å². The number of hydrogen-bond acceptors (Lipinski definition) is 4. The fourth-order valence-electron chi connectivity index (χ4n) is 1.86. The smallest absolute Gasteiger partial charge is 0.116 e. The van der Waals surface area contributed by atoms with Crippen molar-refractivity contribution in [1.82, 2.24) is 0 Å². The third kappa shape index (κ3) is 0.412. The number of ether oxygens (including phenoxy) is 2. The zero-order valence-corrected chi connectivity index (χ0v) is 5.18. The minimum Gasteiger partial charge on any atom is -0.387 e. The van der Waals surface area contributed by atoms with Crippen LogP contribution in [0.2, 0.25) is 0 Å². The lowest BCUT2D eigenvalue weighted by molar-refractivity contribution is -0.268. The Morgan fingerprint density at radius 2 is 1.20 bits per heavy atom. The van der Waals surface area contributed by atoms with Gasteiger partial charge in [-0.2, -0.15) is 0 Å². The molecular formula is C6H8O4. The number of hydrogen-bond donors (Lipinski definition) is 2. The van der Waals surface area contributed by atoms with Crippen molar-refractivity contribution in [2.45, 2.75) is 36.6 Å². The molecule has 0 aromatic carbocycles. The molecule has 3 aliphatic heterocycles. The lowest BCUT2D eigenvalue weighted by Gasteiger charge is -2.46. The summed E-state index contributed by atoms with van der Waals surface area (Å²) < 4.78 is 10.2. The molecule has 10 heavy (non-hydrogen) atoms. The van der Waals surface area contributed by atoms with Crippen molar-refractivity contribution in [1.29, 1.82) is 0 Å². The normalized spacial score (nSPS) is 70.2. The molecular weight excluding hydrogens is 136 g/mol. The molecule has 0 amide bonds. The highest BCUT2D eigenvalue weighted by Crippen LogP contribution is 2.47. The summed E-state index contributed by atoms with van der Waals surface area (Å²) in [6.07, 6.45) is -1.72. The van der Waals surface area contributed by atoms with Gasteiger partial charge in [0.2, 0.25) is 0 Å². The summed E-state index contributed by atoms with van der Waals surface area (Å²) in [7, 11) is 0. The highest BCUT2D eigenvalue weighted by Gasteiger charge is 2.68. The summed E-state index contributed by atoms with van der Waals surface area (Å²) >= 11 is 0. The van der Waals surface area contributed by atoms with Crippen LogP contribution in [0.15, 0.2) is 0 Å². The van der Waals surface area contributed by atoms with Crippen LogP contribution in [-0.4, -0.2) is 46.8 Å². The van der Waals surface area contributed by atoms with Gasteiger partial charge in [-0.3, -0.25) is 0 Å². The van der Waals surface area contributed by atoms with Crippen molar-refractivity contribution >= 4 is 0 Å². The van der Waals surface area contributed by atoms with Gasteiger partial charge in [-0.15, -0.1) is 0 Å². The molecule has 4 fully saturated rings. The van der Waals surface area contributed by atoms with Crippen molar-refractivity contribution in [3.05, 3.63) is 0 Å². The first-order valence-corrected chi connectivity index (χ1v) is 3.46. The monoisotopic (exact) mass is 144 g/mol. The van der Waals surface area contributed by atoms with Crippen LogP contribution in [0.4, 0.5) is 0 Å². The standard InChI is InChI=1S/C6H8O4/c7-1-3-2(8)5-6(10-5)4(1)9-3/h1-8H. The fraction of sp³-hybridized carbons (Fsp3) is 1.00. The van der Waals surface area contributed by atoms with E-state index in [0.717, 1.165) is 0 Å². The molecule has 1 aliphatic carbocycles. The predicted octanol–water partition coefficient (Wildman–Crippen LogP) is -1.74. The summed E-state index contributed by atoms with van der Waals surface area (Å²) in [4.78, 5) is 0. The maximum absolute atomic E-state index is 9.29. The molecule has 0 radical (unpaired) electrons. The average Bonchev–Trinajstić information content (AvgIpc) is 2.64. The largest absolute Gasteiger partial charge is 0.387 e. The minimum absolute atomic E-state index is 0.0324. The first kappa shape index (κ1) is 5.49. The van der Waals surface area contributed by atoms with Crippen molar-refractivity contribution in [3.8, 4) is 0 Å². The van der Waals surface area contributed by atoms with Crippen LogP contribution in [0.5, 0.6) is 0 Å². The fourth-order valence-corrected chi connectivity index (χ4v) is 1.86. The summed E-state index contributed by atoms with van der Waals surface area (Å²) in [5.74, 6) is 0. The molecule has 1 saturated carbocycles. The maximum Gasteiger partial charge on any atom is 0.116 e. The Balaban J connectivity index is 1.91. The van der Waals surface area contributed by atoms with Crippen LogP contribution in [0.3, 0.4) is 0 Å². The zero-order chi connectivity index (χ0) is 6.88. The lowest BCUT2D eigenvalue weighted by Crippen LogP contribution is -2.66. The van der Waals surface area contributed by atoms with Crippen molar-refractivity contribution in [3.63, 3.8) is 0 Å². The molecule has 4 rings (SSSR count). The van der Waals surface area contributed by atoms with Crippen LogP contribution < -0.4 is 0 Å². The third-order valence-corrected chi connectivity index (χ3v) is 2.55. The molecule has 6 unspecified atom stereocenters. The molecule has 4 aliphatic rings. The van der Waals surface area contributed by atoms with Gasteiger partial charge in [0.05, 0.1) is 0 Å². The number of aliphatic hydroxyl groups is 2. The minimum atomic E-state index is -0.606. The van der Waals surface area contributed by atoms with E-state index in [1.807, 2.05) is 0 Å². The van der Waals surface area contributed by atoms with Gasteiger partial charge < -0.3 is 19.7 Å². The summed E-state index contributed by atoms with van der Waals surface area (Å²) in [5.41, 5.74) is 0. The number of rotatable bonds is 0. The van der Waals surface area contributed by atoms with Crippen LogP contribution in [0.1, 0.15) is 0 Å². The molecule has 0 spiro atoms. The quantitative estimate of drug-likeness (QED) is 0.396. The Morgan fingerprint density at radius 1 is 0.700 bits per heavy atom. The van der Waals surface area contributed by atoms with Gasteiger partial charge in [-0.25, -0.2) is 0 Å². The van der Waals surface area contributed by atoms with Gasteiger partial charge >= 0.3 is 0 Å². The molecule has 56 valence electrons. The third-order valence-electron chi connectivity index (χ3n) is 2.55. The van der Waals surface area contributed by atoms with E-state index >= 15 is 0 Å². The van der Waals surface area contributed by atoms with Gasteiger partial charge in [0, 0.05) is 0 Å². The second-order valence-corrected chi connectivity index (χ2v) is 3.11. The average molecular weight is 144 g/mol. The highest BCUT2D eigenvalue weighted by atomic mass is 16.7. The first-order valence-electron chi connectivity index (χ1n) is 3.46. The van der Waals surface area contributed by atoms with Crippen LogP contribution in [0, 0.1) is 0 Å². The Hall–Kier alpha value is -0.160. The van der Waals surface area contributed by atoms with Gasteiger partial charge in [-0.1, -0.05) is 0 Å². The van der Waals surface area contributed by atoms with Crippen LogP contribution >= 0.6 is 0 Å². The number of epoxide rings is 1. The van der Waals surface area contributed by atoms with Crippen molar-refractivity contribution in [2.24, 2.45) is 0 Å². The van der Waals surface area contributed by atoms with Gasteiger partial charge in [-0.05, 0) is 0 Å². The Morgan fingerprint density at radius 3 is 1.70 bits per heavy atom. The highest BCUT2D eigenvalue weighted by molar-refractivity contribution is 5.15. The van der Waals surface area contributed by atoms with Crippen molar-refractivity contribution in [2.75, 3.05) is 0 Å². The van der Waals surface area contributed by atoms with Crippen molar-refractivity contribution < 1.29 is 19.7 Å². The summed E-state index contributed by atoms with van der Waals surface area (Å²) in [6.45, 7) is 0. The van der Waals surface area contributed by atoms with E-state index in [0.29, 0.717) is 0 Å². The molecule has 3 saturated heterocycles. The molecule has 6 atom stereocenters. The van der Waals surface area contributed by atoms with E-state index in [1.54, 1.807) is 0 Å². The molecule has 2 N–H and O–H groups in total. The van der Waals surface area contributed by atoms with Crippen LogP contribution in [0.25, 0.3) is 0 Å². The van der Waals surface area contributed by atoms with E-state index in [4.69, 9.17) is 9.47 Å². The number of aliphatic hydroxyl groups excluding tert-OH is 2. The van der Waals surface area contributed by atoms with E-state index < -0.39 is 12.2 Å². The Labute approximate surface area is 57.4 Å². The van der Waals surface area contributed by atoms with Crippen LogP contribution in [-0.2, 0) is 9.47 Å². The summed E-state index contributed by atoms with van der Waals surface area (Å²) in [5, 5.41) is 18.5. The van der Waals surface area contributed by atoms with Gasteiger partial charge in [0.15, 0.2) is 0 Å². The molecule has 4 nitrogen and oxygen atoms in total. The second-order valence-electron chi connectivity index (χ2n) is 3.11. The van der Waals surface area contributed by atoms with E-state index in [2.05, 4.69) is 0 Å². The SMILES string of the molecule is OC1C2OC1C1OC1C2O. The Kier molecular flexibility index (Phi) is 0.757. The predicted molar refractivity (Wildman–Crippen MR) is 29.3 cm³/mol.